The van der Waals surface area contributed by atoms with E-state index in [1.54, 1.807) is 0 Å². The van der Waals surface area contributed by atoms with Gasteiger partial charge in [0.15, 0.2) is 3.95 Å². The average molecular weight is 169 g/mol. The zero-order valence-electron chi connectivity index (χ0n) is 5.60. The summed E-state index contributed by atoms with van der Waals surface area (Å²) in [7, 11) is 0. The second-order valence-corrected chi connectivity index (χ2v) is 3.26. The van der Waals surface area contributed by atoms with Crippen LogP contribution in [-0.4, -0.2) is 4.98 Å². The summed E-state index contributed by atoms with van der Waals surface area (Å²) in [5.41, 5.74) is 0.928. The van der Waals surface area contributed by atoms with E-state index in [2.05, 4.69) is 16.8 Å². The second-order valence-electron chi connectivity index (χ2n) is 1.72. The molecule has 0 bridgehead atoms. The smallest absolute Gasteiger partial charge is 0.159 e. The lowest BCUT2D eigenvalue weighted by atomic mass is 10.4. The van der Waals surface area contributed by atoms with E-state index in [0.717, 1.165) is 16.1 Å². The monoisotopic (exact) mass is 169 g/mol. The number of hydrogen-bond acceptors (Lipinski definition) is 2. The molecule has 10 heavy (non-hydrogen) atoms. The molecule has 3 heteroatoms. The maximum Gasteiger partial charge on any atom is 0.159 e. The predicted octanol–water partition coefficient (Wildman–Crippen LogP) is 2.57. The van der Waals surface area contributed by atoms with Gasteiger partial charge in [0.1, 0.15) is 5.69 Å². The first kappa shape index (κ1) is 7.52. The minimum Gasteiger partial charge on any atom is -0.330 e. The molecule has 0 aromatic carbocycles. The highest BCUT2D eigenvalue weighted by atomic mass is 32.1. The Hall–Kier alpha value is -0.590. The van der Waals surface area contributed by atoms with Crippen LogP contribution in [0.25, 0.3) is 0 Å². The molecule has 0 radical (unpaired) electrons. The maximum absolute atomic E-state index is 4.88. The van der Waals surface area contributed by atoms with Crippen LogP contribution in [0.2, 0.25) is 0 Å². The van der Waals surface area contributed by atoms with E-state index < -0.39 is 0 Å². The van der Waals surface area contributed by atoms with Gasteiger partial charge in [0, 0.05) is 11.8 Å². The van der Waals surface area contributed by atoms with Crippen molar-refractivity contribution < 1.29 is 0 Å². The molecule has 0 unspecified atom stereocenters. The molecular weight excluding hydrogens is 162 g/mol. The van der Waals surface area contributed by atoms with Crippen LogP contribution in [0.1, 0.15) is 19.0 Å². The SMILES string of the molecule is CCC#Cc1csc(=S)[nH]1. The average Bonchev–Trinajstić information content (AvgIpc) is 2.31. The Labute approximate surface area is 69.1 Å². The quantitative estimate of drug-likeness (QED) is 0.466. The maximum atomic E-state index is 4.88. The summed E-state index contributed by atoms with van der Waals surface area (Å²) < 4.78 is 0.792. The van der Waals surface area contributed by atoms with Crippen LogP contribution in [0.15, 0.2) is 5.38 Å². The van der Waals surface area contributed by atoms with Gasteiger partial charge in [-0.2, -0.15) is 0 Å². The molecule has 0 fully saturated rings. The Morgan fingerprint density at radius 1 is 1.80 bits per heavy atom. The molecule has 0 saturated heterocycles. The number of aromatic amines is 1. The van der Waals surface area contributed by atoms with Crippen molar-refractivity contribution in [2.75, 3.05) is 0 Å². The minimum absolute atomic E-state index is 0.792. The molecule has 1 aromatic heterocycles. The van der Waals surface area contributed by atoms with Gasteiger partial charge in [-0.15, -0.1) is 11.3 Å². The van der Waals surface area contributed by atoms with Crippen molar-refractivity contribution in [3.63, 3.8) is 0 Å². The largest absolute Gasteiger partial charge is 0.330 e. The third kappa shape index (κ3) is 1.98. The Kier molecular flexibility index (Phi) is 2.67. The first-order valence-corrected chi connectivity index (χ1v) is 4.28. The van der Waals surface area contributed by atoms with E-state index in [1.807, 2.05) is 12.3 Å². The van der Waals surface area contributed by atoms with Crippen molar-refractivity contribution in [3.05, 3.63) is 15.0 Å². The van der Waals surface area contributed by atoms with Gasteiger partial charge < -0.3 is 4.98 Å². The van der Waals surface area contributed by atoms with Crippen molar-refractivity contribution in [2.24, 2.45) is 0 Å². The fourth-order valence-corrected chi connectivity index (χ4v) is 1.29. The summed E-state index contributed by atoms with van der Waals surface area (Å²) >= 11 is 6.39. The highest BCUT2D eigenvalue weighted by molar-refractivity contribution is 7.73. The van der Waals surface area contributed by atoms with Crippen LogP contribution >= 0.6 is 23.6 Å². The van der Waals surface area contributed by atoms with Crippen molar-refractivity contribution in [2.45, 2.75) is 13.3 Å². The molecular formula is C7H7NS2. The van der Waals surface area contributed by atoms with Gasteiger partial charge in [-0.3, -0.25) is 0 Å². The summed E-state index contributed by atoms with van der Waals surface area (Å²) in [6, 6.07) is 0. The lowest BCUT2D eigenvalue weighted by Gasteiger charge is -1.74. The topological polar surface area (TPSA) is 15.8 Å². The van der Waals surface area contributed by atoms with Gasteiger partial charge in [0.25, 0.3) is 0 Å². The van der Waals surface area contributed by atoms with Gasteiger partial charge in [0.2, 0.25) is 0 Å². The molecule has 1 rings (SSSR count). The van der Waals surface area contributed by atoms with Crippen LogP contribution in [-0.2, 0) is 0 Å². The van der Waals surface area contributed by atoms with Crippen LogP contribution in [0.4, 0.5) is 0 Å². The molecule has 52 valence electrons. The molecule has 0 aliphatic carbocycles. The van der Waals surface area contributed by atoms with Gasteiger partial charge in [-0.05, 0) is 18.1 Å². The summed E-state index contributed by atoms with van der Waals surface area (Å²) in [4.78, 5) is 2.97. The molecule has 0 spiro atoms. The Morgan fingerprint density at radius 2 is 2.60 bits per heavy atom. The van der Waals surface area contributed by atoms with E-state index in [0.29, 0.717) is 0 Å². The molecule has 0 aliphatic rings. The Morgan fingerprint density at radius 3 is 3.10 bits per heavy atom. The summed E-state index contributed by atoms with van der Waals surface area (Å²) in [6.07, 6.45) is 0.885. The van der Waals surface area contributed by atoms with Crippen molar-refractivity contribution >= 4 is 23.6 Å². The normalized spacial score (nSPS) is 8.50. The fraction of sp³-hybridized carbons (Fsp3) is 0.286. The number of hydrogen-bond donors (Lipinski definition) is 1. The van der Waals surface area contributed by atoms with Crippen molar-refractivity contribution in [1.29, 1.82) is 0 Å². The van der Waals surface area contributed by atoms with Crippen LogP contribution in [0.3, 0.4) is 0 Å². The molecule has 1 N–H and O–H groups in total. The highest BCUT2D eigenvalue weighted by Gasteiger charge is 1.85. The van der Waals surface area contributed by atoms with E-state index in [9.17, 15) is 0 Å². The highest BCUT2D eigenvalue weighted by Crippen LogP contribution is 2.01. The van der Waals surface area contributed by atoms with Gasteiger partial charge in [0.05, 0.1) is 0 Å². The summed E-state index contributed by atoms with van der Waals surface area (Å²) in [5.74, 6) is 5.91. The first-order chi connectivity index (χ1) is 4.83. The zero-order chi connectivity index (χ0) is 7.40. The number of thiazole rings is 1. The third-order valence-electron chi connectivity index (χ3n) is 0.920. The predicted molar refractivity (Wildman–Crippen MR) is 46.7 cm³/mol. The summed E-state index contributed by atoms with van der Waals surface area (Å²) in [5, 5.41) is 1.94. The Balaban J connectivity index is 2.86. The van der Waals surface area contributed by atoms with E-state index >= 15 is 0 Å². The number of aromatic nitrogens is 1. The second kappa shape index (κ2) is 3.55. The number of nitrogens with one attached hydrogen (secondary N) is 1. The molecule has 1 nitrogen and oxygen atoms in total. The molecule has 0 amide bonds. The number of H-pyrrole nitrogens is 1. The van der Waals surface area contributed by atoms with Crippen LogP contribution in [0.5, 0.6) is 0 Å². The standard InChI is InChI=1S/C7H7NS2/c1-2-3-4-6-5-10-7(9)8-6/h5H,2H2,1H3,(H,8,9). The van der Waals surface area contributed by atoms with E-state index in [1.165, 1.54) is 11.3 Å². The van der Waals surface area contributed by atoms with Gasteiger partial charge in [-0.25, -0.2) is 0 Å². The van der Waals surface area contributed by atoms with E-state index in [-0.39, 0.29) is 0 Å². The van der Waals surface area contributed by atoms with Gasteiger partial charge in [-0.1, -0.05) is 12.8 Å². The fourth-order valence-electron chi connectivity index (χ4n) is 0.526. The minimum atomic E-state index is 0.792. The third-order valence-corrected chi connectivity index (χ3v) is 1.98. The molecule has 1 heterocycles. The van der Waals surface area contributed by atoms with Gasteiger partial charge >= 0.3 is 0 Å². The van der Waals surface area contributed by atoms with Crippen LogP contribution < -0.4 is 0 Å². The van der Waals surface area contributed by atoms with Crippen molar-refractivity contribution in [1.82, 2.24) is 4.98 Å². The Bertz CT molecular complexity index is 310. The van der Waals surface area contributed by atoms with Crippen LogP contribution in [0, 0.1) is 15.8 Å². The molecule has 0 aliphatic heterocycles. The first-order valence-electron chi connectivity index (χ1n) is 2.99. The lowest BCUT2D eigenvalue weighted by Crippen LogP contribution is -1.69. The van der Waals surface area contributed by atoms with Crippen molar-refractivity contribution in [3.8, 4) is 11.8 Å². The number of rotatable bonds is 0. The molecule has 1 aromatic rings. The molecule has 0 atom stereocenters. The molecule has 0 saturated carbocycles. The summed E-state index contributed by atoms with van der Waals surface area (Å²) in [6.45, 7) is 2.02. The lowest BCUT2D eigenvalue weighted by molar-refractivity contribution is 1.27. The van der Waals surface area contributed by atoms with E-state index in [4.69, 9.17) is 12.2 Å². The zero-order valence-corrected chi connectivity index (χ0v) is 7.23.